The van der Waals surface area contributed by atoms with Crippen LogP contribution in [0.4, 0.5) is 0 Å². The van der Waals surface area contributed by atoms with Crippen LogP contribution in [0.15, 0.2) is 45.6 Å². The van der Waals surface area contributed by atoms with Crippen molar-refractivity contribution in [2.75, 3.05) is 0 Å². The number of Topliss-reactive ketones (excluding diaryl/α,β-unsaturated/α-hetero) is 2. The molecule has 2 rings (SSSR count). The summed E-state index contributed by atoms with van der Waals surface area (Å²) in [5, 5.41) is -0.156. The lowest BCUT2D eigenvalue weighted by atomic mass is 10.0. The van der Waals surface area contributed by atoms with Gasteiger partial charge in [-0.05, 0) is 60.5 Å². The summed E-state index contributed by atoms with van der Waals surface area (Å²) < 4.78 is 24.3. The third kappa shape index (κ3) is 7.13. The van der Waals surface area contributed by atoms with Crippen LogP contribution in [0.25, 0.3) is 0 Å². The van der Waals surface area contributed by atoms with Crippen LogP contribution in [0.1, 0.15) is 75.5 Å². The number of ketones is 2. The molecular weight excluding hydrogens is 464 g/mol. The SMILES string of the molecule is CC(C)(C)[Si](C)(C)O[C@H](CC(=O)c1ccco1)[C@@H](CC(=O)c1ccco1)O[Si](C)(C)C(C)(C)C. The first-order chi connectivity index (χ1) is 15.4. The number of rotatable bonds is 11. The van der Waals surface area contributed by atoms with Crippen LogP contribution < -0.4 is 0 Å². The van der Waals surface area contributed by atoms with E-state index in [0.717, 1.165) is 0 Å². The lowest BCUT2D eigenvalue weighted by Crippen LogP contribution is -2.52. The molecule has 0 aliphatic rings. The molecule has 0 spiro atoms. The lowest BCUT2D eigenvalue weighted by molar-refractivity contribution is 0.0240. The van der Waals surface area contributed by atoms with Gasteiger partial charge in [0.15, 0.2) is 28.2 Å². The molecule has 2 aromatic rings. The second-order valence-corrected chi connectivity index (χ2v) is 21.6. The van der Waals surface area contributed by atoms with Gasteiger partial charge in [-0.25, -0.2) is 0 Å². The van der Waals surface area contributed by atoms with Gasteiger partial charge in [-0.3, -0.25) is 9.59 Å². The molecule has 0 saturated carbocycles. The Kier molecular flexibility index (Phi) is 8.78. The average molecular weight is 507 g/mol. The van der Waals surface area contributed by atoms with Crippen molar-refractivity contribution in [2.45, 2.75) is 103 Å². The molecule has 0 bridgehead atoms. The first kappa shape index (κ1) is 28.5. The van der Waals surface area contributed by atoms with E-state index >= 15 is 0 Å². The van der Waals surface area contributed by atoms with Gasteiger partial charge in [0, 0.05) is 12.8 Å². The maximum absolute atomic E-state index is 13.1. The Morgan fingerprint density at radius 3 is 1.29 bits per heavy atom. The Morgan fingerprint density at radius 2 is 1.06 bits per heavy atom. The first-order valence-electron chi connectivity index (χ1n) is 11.9. The first-order valence-corrected chi connectivity index (χ1v) is 17.8. The predicted octanol–water partition coefficient (Wildman–Crippen LogP) is 7.50. The molecule has 0 aliphatic heterocycles. The molecule has 2 atom stereocenters. The molecule has 0 unspecified atom stereocenters. The number of hydrogen-bond acceptors (Lipinski definition) is 6. The van der Waals surface area contributed by atoms with Gasteiger partial charge in [-0.15, -0.1) is 0 Å². The second kappa shape index (κ2) is 10.5. The third-order valence-corrected chi connectivity index (χ3v) is 16.3. The lowest BCUT2D eigenvalue weighted by Gasteiger charge is -2.45. The zero-order valence-electron chi connectivity index (χ0n) is 22.5. The van der Waals surface area contributed by atoms with E-state index in [1.165, 1.54) is 12.5 Å². The highest BCUT2D eigenvalue weighted by molar-refractivity contribution is 6.74. The highest BCUT2D eigenvalue weighted by Crippen LogP contribution is 2.41. The van der Waals surface area contributed by atoms with Crippen molar-refractivity contribution in [3.63, 3.8) is 0 Å². The Morgan fingerprint density at radius 1 is 0.735 bits per heavy atom. The molecular formula is C26H42O6Si2. The standard InChI is InChI=1S/C26H42O6Si2/c1-25(2,3)33(7,8)31-23(17-19(27)21-13-11-15-29-21)24(32-34(9,10)26(4,5)6)18-20(28)22-14-12-16-30-22/h11-16,23-24H,17-18H2,1-10H3/t23-,24-/m1/s1. The summed E-state index contributed by atoms with van der Waals surface area (Å²) in [5.41, 5.74) is 0. The quantitative estimate of drug-likeness (QED) is 0.232. The van der Waals surface area contributed by atoms with Crippen molar-refractivity contribution in [1.29, 1.82) is 0 Å². The summed E-state index contributed by atoms with van der Waals surface area (Å²) in [4.78, 5) is 26.3. The highest BCUT2D eigenvalue weighted by Gasteiger charge is 2.46. The maximum Gasteiger partial charge on any atom is 0.200 e. The van der Waals surface area contributed by atoms with Gasteiger partial charge in [0.2, 0.25) is 11.6 Å². The summed E-state index contributed by atoms with van der Waals surface area (Å²) in [7, 11) is -4.61. The zero-order chi connectivity index (χ0) is 25.9. The van der Waals surface area contributed by atoms with Crippen LogP contribution in [0.2, 0.25) is 36.3 Å². The fraction of sp³-hybridized carbons (Fsp3) is 0.615. The van der Waals surface area contributed by atoms with Gasteiger partial charge in [0.25, 0.3) is 0 Å². The normalized spacial score (nSPS) is 15.2. The van der Waals surface area contributed by atoms with Gasteiger partial charge in [0.05, 0.1) is 24.7 Å². The largest absolute Gasteiger partial charge is 0.461 e. The van der Waals surface area contributed by atoms with E-state index in [1.807, 2.05) is 0 Å². The van der Waals surface area contributed by atoms with E-state index in [0.29, 0.717) is 0 Å². The molecule has 0 aromatic carbocycles. The number of carbonyl (C=O) groups is 2. The van der Waals surface area contributed by atoms with Gasteiger partial charge >= 0.3 is 0 Å². The summed E-state index contributed by atoms with van der Waals surface area (Å²) >= 11 is 0. The maximum atomic E-state index is 13.1. The van der Waals surface area contributed by atoms with Gasteiger partial charge < -0.3 is 17.7 Å². The van der Waals surface area contributed by atoms with E-state index in [9.17, 15) is 9.59 Å². The van der Waals surface area contributed by atoms with E-state index < -0.39 is 28.8 Å². The molecule has 0 amide bonds. The second-order valence-electron chi connectivity index (χ2n) is 12.0. The molecule has 6 nitrogen and oxygen atoms in total. The van der Waals surface area contributed by atoms with Crippen molar-refractivity contribution < 1.29 is 27.3 Å². The van der Waals surface area contributed by atoms with Crippen LogP contribution in [0.3, 0.4) is 0 Å². The fourth-order valence-corrected chi connectivity index (χ4v) is 5.74. The summed E-state index contributed by atoms with van der Waals surface area (Å²) in [6.07, 6.45) is 1.94. The van der Waals surface area contributed by atoms with Crippen molar-refractivity contribution in [1.82, 2.24) is 0 Å². The van der Waals surface area contributed by atoms with Crippen LogP contribution >= 0.6 is 0 Å². The van der Waals surface area contributed by atoms with Gasteiger partial charge in [0.1, 0.15) is 0 Å². The van der Waals surface area contributed by atoms with Crippen LogP contribution in [0, 0.1) is 0 Å². The van der Waals surface area contributed by atoms with E-state index in [2.05, 4.69) is 67.7 Å². The van der Waals surface area contributed by atoms with Crippen molar-refractivity contribution in [2.24, 2.45) is 0 Å². The molecule has 2 aromatic heterocycles. The minimum absolute atomic E-state index is 0.0742. The van der Waals surface area contributed by atoms with Gasteiger partial charge in [-0.1, -0.05) is 41.5 Å². The van der Waals surface area contributed by atoms with Crippen molar-refractivity contribution in [3.05, 3.63) is 48.3 Å². The fourth-order valence-electron chi connectivity index (χ4n) is 3.05. The molecule has 2 heterocycles. The highest BCUT2D eigenvalue weighted by atomic mass is 28.4. The Balaban J connectivity index is 2.47. The van der Waals surface area contributed by atoms with Crippen LogP contribution in [-0.2, 0) is 8.85 Å². The Bertz CT molecular complexity index is 853. The molecule has 0 fully saturated rings. The predicted molar refractivity (Wildman–Crippen MR) is 139 cm³/mol. The zero-order valence-corrected chi connectivity index (χ0v) is 24.5. The number of carbonyl (C=O) groups excluding carboxylic acids is 2. The van der Waals surface area contributed by atoms with Gasteiger partial charge in [-0.2, -0.15) is 0 Å². The average Bonchev–Trinajstić information content (AvgIpc) is 3.38. The van der Waals surface area contributed by atoms with Crippen LogP contribution in [0.5, 0.6) is 0 Å². The molecule has 8 heteroatoms. The van der Waals surface area contributed by atoms with Crippen LogP contribution in [-0.4, -0.2) is 40.4 Å². The summed E-state index contributed by atoms with van der Waals surface area (Å²) in [6.45, 7) is 21.5. The topological polar surface area (TPSA) is 78.9 Å². The minimum atomic E-state index is -2.30. The number of hydrogen-bond donors (Lipinski definition) is 0. The molecule has 0 aliphatic carbocycles. The Hall–Kier alpha value is -1.75. The molecule has 34 heavy (non-hydrogen) atoms. The van der Waals surface area contributed by atoms with Crippen molar-refractivity contribution in [3.8, 4) is 0 Å². The Labute approximate surface area is 206 Å². The molecule has 0 N–H and O–H groups in total. The number of furan rings is 2. The van der Waals surface area contributed by atoms with Crippen molar-refractivity contribution >= 4 is 28.2 Å². The summed E-state index contributed by atoms with van der Waals surface area (Å²) in [6, 6.07) is 6.70. The monoisotopic (exact) mass is 506 g/mol. The smallest absolute Gasteiger partial charge is 0.200 e. The third-order valence-electron chi connectivity index (χ3n) is 7.28. The summed E-state index contributed by atoms with van der Waals surface area (Å²) in [5.74, 6) is 0.241. The van der Waals surface area contributed by atoms with E-state index in [1.54, 1.807) is 24.3 Å². The molecule has 0 saturated heterocycles. The van der Waals surface area contributed by atoms with E-state index in [-0.39, 0.29) is 46.0 Å². The molecule has 0 radical (unpaired) electrons. The van der Waals surface area contributed by atoms with E-state index in [4.69, 9.17) is 17.7 Å². The minimum Gasteiger partial charge on any atom is -0.461 e. The molecule has 190 valence electrons.